The van der Waals surface area contributed by atoms with Gasteiger partial charge in [0, 0.05) is 53.9 Å². The molecule has 1 aliphatic rings. The zero-order chi connectivity index (χ0) is 32.7. The predicted octanol–water partition coefficient (Wildman–Crippen LogP) is 12.9. The lowest BCUT2D eigenvalue weighted by molar-refractivity contribution is 0.478. The number of para-hydroxylation sites is 2. The second-order valence-electron chi connectivity index (χ2n) is 13.8. The van der Waals surface area contributed by atoms with E-state index in [0.29, 0.717) is 0 Å². The van der Waals surface area contributed by atoms with E-state index in [1.807, 2.05) is 11.3 Å². The molecule has 0 N–H and O–H groups in total. The Kier molecular flexibility index (Phi) is 6.19. The molecule has 0 fully saturated rings. The van der Waals surface area contributed by atoms with Crippen LogP contribution in [-0.4, -0.2) is 10.1 Å². The van der Waals surface area contributed by atoms with Crippen molar-refractivity contribution >= 4 is 64.7 Å². The van der Waals surface area contributed by atoms with Gasteiger partial charge in [0.2, 0.25) is 0 Å². The average molecular weight is 647 g/mol. The van der Waals surface area contributed by atoms with Crippen molar-refractivity contribution in [1.29, 1.82) is 0 Å². The monoisotopic (exact) mass is 646 g/mol. The van der Waals surface area contributed by atoms with E-state index in [1.54, 1.807) is 0 Å². The largest absolute Gasteiger partial charge is 0.335 e. The van der Waals surface area contributed by atoms with E-state index in [2.05, 4.69) is 187 Å². The Morgan fingerprint density at radius 3 is 1.92 bits per heavy atom. The minimum absolute atomic E-state index is 0.127. The van der Waals surface area contributed by atoms with Crippen LogP contribution in [0.15, 0.2) is 164 Å². The highest BCUT2D eigenvalue weighted by atomic mass is 32.1. The van der Waals surface area contributed by atoms with Crippen molar-refractivity contribution in [3.8, 4) is 16.8 Å². The van der Waals surface area contributed by atoms with Crippen molar-refractivity contribution in [3.05, 3.63) is 175 Å². The first-order chi connectivity index (χ1) is 24.1. The third-order valence-corrected chi connectivity index (χ3v) is 11.9. The molecule has 9 aromatic rings. The van der Waals surface area contributed by atoms with Crippen LogP contribution in [-0.2, 0) is 0 Å². The van der Waals surface area contributed by atoms with Crippen LogP contribution in [0.25, 0.3) is 58.8 Å². The number of hydrogen-bond donors (Lipinski definition) is 0. The number of benzene rings is 7. The summed E-state index contributed by atoms with van der Waals surface area (Å²) in [7, 11) is 0. The maximum Gasteiger partial charge on any atom is 0.0555 e. The minimum atomic E-state index is -0.127. The molecule has 0 bridgehead atoms. The number of aromatic nitrogens is 1. The lowest BCUT2D eigenvalue weighted by Gasteiger charge is -2.38. The SMILES string of the molecule is CC1(C)C(c2ccccc2)c2ccccc2N1c1ccc(-c2ccc(-n3c4ccccc4c4c5sc6ccccc6c5ccc43)cc2)cc1. The first kappa shape index (κ1) is 28.4. The highest BCUT2D eigenvalue weighted by Gasteiger charge is 2.46. The molecule has 2 nitrogen and oxygen atoms in total. The average Bonchev–Trinajstić information content (AvgIpc) is 3.77. The Bertz CT molecular complexity index is 2680. The lowest BCUT2D eigenvalue weighted by Crippen LogP contribution is -2.40. The molecule has 1 atom stereocenters. The number of hydrogen-bond acceptors (Lipinski definition) is 2. The van der Waals surface area contributed by atoms with E-state index in [-0.39, 0.29) is 11.5 Å². The van der Waals surface area contributed by atoms with Gasteiger partial charge in [-0.2, -0.15) is 0 Å². The number of anilines is 2. The van der Waals surface area contributed by atoms with Crippen molar-refractivity contribution < 1.29 is 0 Å². The van der Waals surface area contributed by atoms with Gasteiger partial charge in [0.25, 0.3) is 0 Å². The smallest absolute Gasteiger partial charge is 0.0555 e. The van der Waals surface area contributed by atoms with Crippen LogP contribution in [0.1, 0.15) is 30.9 Å². The Morgan fingerprint density at radius 2 is 1.14 bits per heavy atom. The molecule has 0 radical (unpaired) electrons. The zero-order valence-electron chi connectivity index (χ0n) is 27.5. The molecule has 1 aliphatic heterocycles. The number of rotatable bonds is 4. The van der Waals surface area contributed by atoms with Crippen molar-refractivity contribution in [2.45, 2.75) is 25.3 Å². The maximum atomic E-state index is 2.53. The molecule has 49 heavy (non-hydrogen) atoms. The molecule has 2 aromatic heterocycles. The summed E-state index contributed by atoms with van der Waals surface area (Å²) in [6, 6.07) is 60.3. The molecular weight excluding hydrogens is 613 g/mol. The molecule has 10 rings (SSSR count). The molecule has 1 unspecified atom stereocenters. The van der Waals surface area contributed by atoms with Gasteiger partial charge in [0.1, 0.15) is 0 Å². The van der Waals surface area contributed by atoms with Gasteiger partial charge < -0.3 is 9.47 Å². The summed E-state index contributed by atoms with van der Waals surface area (Å²) in [5.74, 6) is 0.285. The molecule has 7 aromatic carbocycles. The minimum Gasteiger partial charge on any atom is -0.335 e. The van der Waals surface area contributed by atoms with E-state index >= 15 is 0 Å². The fourth-order valence-corrected chi connectivity index (χ4v) is 9.84. The highest BCUT2D eigenvalue weighted by Crippen LogP contribution is 2.54. The zero-order valence-corrected chi connectivity index (χ0v) is 28.3. The third kappa shape index (κ3) is 4.19. The summed E-state index contributed by atoms with van der Waals surface area (Å²) in [6.07, 6.45) is 0. The standard InChI is InChI=1S/C46H34N2S/c1-46(2)44(32-12-4-3-5-13-32)38-16-7-10-18-40(38)48(46)34-26-22-31(23-27-34)30-20-24-33(25-21-30)47-39-17-9-6-15-37(39)43-41(47)29-28-36-35-14-8-11-19-42(35)49-45(36)43/h3-29,44H,1-2H3. The van der Waals surface area contributed by atoms with Gasteiger partial charge in [0.15, 0.2) is 0 Å². The predicted molar refractivity (Wildman–Crippen MR) is 210 cm³/mol. The summed E-state index contributed by atoms with van der Waals surface area (Å²) in [5.41, 5.74) is 11.2. The van der Waals surface area contributed by atoms with Gasteiger partial charge in [-0.1, -0.05) is 115 Å². The molecule has 0 aliphatic carbocycles. The molecule has 234 valence electrons. The van der Waals surface area contributed by atoms with Crippen molar-refractivity contribution in [3.63, 3.8) is 0 Å². The van der Waals surface area contributed by atoms with Crippen LogP contribution in [0.2, 0.25) is 0 Å². The second kappa shape index (κ2) is 10.7. The van der Waals surface area contributed by atoms with Crippen LogP contribution in [0.3, 0.4) is 0 Å². The van der Waals surface area contributed by atoms with E-state index in [1.165, 1.54) is 81.3 Å². The Morgan fingerprint density at radius 1 is 0.510 bits per heavy atom. The summed E-state index contributed by atoms with van der Waals surface area (Å²) in [4.78, 5) is 2.53. The van der Waals surface area contributed by atoms with Gasteiger partial charge >= 0.3 is 0 Å². The fraction of sp³-hybridized carbons (Fsp3) is 0.0870. The second-order valence-corrected chi connectivity index (χ2v) is 14.8. The van der Waals surface area contributed by atoms with E-state index < -0.39 is 0 Å². The topological polar surface area (TPSA) is 8.17 Å². The Hall–Kier alpha value is -5.64. The highest BCUT2D eigenvalue weighted by molar-refractivity contribution is 7.26. The molecule has 3 heteroatoms. The molecule has 0 amide bonds. The lowest BCUT2D eigenvalue weighted by atomic mass is 9.80. The van der Waals surface area contributed by atoms with Crippen molar-refractivity contribution in [1.82, 2.24) is 4.57 Å². The molecule has 0 spiro atoms. The summed E-state index contributed by atoms with van der Waals surface area (Å²) < 4.78 is 5.13. The quantitative estimate of drug-likeness (QED) is 0.185. The van der Waals surface area contributed by atoms with Crippen LogP contribution in [0.4, 0.5) is 11.4 Å². The van der Waals surface area contributed by atoms with Crippen LogP contribution in [0.5, 0.6) is 0 Å². The number of nitrogens with zero attached hydrogens (tertiary/aromatic N) is 2. The van der Waals surface area contributed by atoms with Gasteiger partial charge in [-0.25, -0.2) is 0 Å². The molecule has 0 saturated heterocycles. The third-order valence-electron chi connectivity index (χ3n) is 10.7. The normalized spacial score (nSPS) is 15.5. The number of thiophene rings is 1. The van der Waals surface area contributed by atoms with Crippen LogP contribution in [0, 0.1) is 0 Å². The molecule has 0 saturated carbocycles. The molecular formula is C46H34N2S. The van der Waals surface area contributed by atoms with Crippen molar-refractivity contribution in [2.75, 3.05) is 4.90 Å². The van der Waals surface area contributed by atoms with Gasteiger partial charge in [-0.05, 0) is 84.6 Å². The summed E-state index contributed by atoms with van der Waals surface area (Å²) >= 11 is 1.90. The summed E-state index contributed by atoms with van der Waals surface area (Å²) in [5, 5.41) is 5.32. The van der Waals surface area contributed by atoms with E-state index in [4.69, 9.17) is 0 Å². The fourth-order valence-electron chi connectivity index (χ4n) is 8.58. The van der Waals surface area contributed by atoms with E-state index in [0.717, 1.165) is 0 Å². The Balaban J connectivity index is 1.02. The van der Waals surface area contributed by atoms with Crippen LogP contribution < -0.4 is 4.90 Å². The molecule has 3 heterocycles. The first-order valence-electron chi connectivity index (χ1n) is 17.1. The van der Waals surface area contributed by atoms with Gasteiger partial charge in [0.05, 0.1) is 16.6 Å². The van der Waals surface area contributed by atoms with Crippen molar-refractivity contribution in [2.24, 2.45) is 0 Å². The Labute approximate surface area is 290 Å². The first-order valence-corrected chi connectivity index (χ1v) is 17.9. The van der Waals surface area contributed by atoms with Crippen LogP contribution >= 0.6 is 11.3 Å². The summed E-state index contributed by atoms with van der Waals surface area (Å²) in [6.45, 7) is 4.75. The van der Waals surface area contributed by atoms with Gasteiger partial charge in [-0.3, -0.25) is 0 Å². The maximum absolute atomic E-state index is 2.53. The van der Waals surface area contributed by atoms with Gasteiger partial charge in [-0.15, -0.1) is 11.3 Å². The van der Waals surface area contributed by atoms with E-state index in [9.17, 15) is 0 Å². The number of fused-ring (bicyclic) bond motifs is 8.